The molecule has 0 heterocycles. The smallest absolute Gasteiger partial charge is 0.226 e. The Labute approximate surface area is 124 Å². The minimum atomic E-state index is -0.0577. The van der Waals surface area contributed by atoms with Crippen molar-refractivity contribution in [2.45, 2.75) is 13.3 Å². The molecule has 0 saturated heterocycles. The molecule has 3 nitrogen and oxygen atoms in total. The zero-order valence-electron chi connectivity index (χ0n) is 11.3. The Morgan fingerprint density at radius 1 is 1.10 bits per heavy atom. The molecule has 104 valence electrons. The van der Waals surface area contributed by atoms with Crippen LogP contribution in [0.4, 0.5) is 11.4 Å². The van der Waals surface area contributed by atoms with Gasteiger partial charge in [-0.05, 0) is 31.2 Å². The second-order valence-corrected chi connectivity index (χ2v) is 4.98. The maximum absolute atomic E-state index is 11.8. The Hall–Kier alpha value is -2.00. The van der Waals surface area contributed by atoms with E-state index in [1.807, 2.05) is 43.3 Å². The van der Waals surface area contributed by atoms with Crippen molar-refractivity contribution in [3.05, 3.63) is 59.1 Å². The van der Waals surface area contributed by atoms with Crippen molar-refractivity contribution in [2.24, 2.45) is 0 Å². The molecule has 0 fully saturated rings. The Morgan fingerprint density at radius 2 is 1.80 bits per heavy atom. The zero-order valence-corrected chi connectivity index (χ0v) is 12.1. The first-order valence-electron chi connectivity index (χ1n) is 6.50. The normalized spacial score (nSPS) is 10.1. The standard InChI is InChI=1S/C16H17ClN2O/c1-12-6-8-13(9-7-12)18-11-10-16(20)19-15-5-3-2-4-14(15)17/h2-9,18H,10-11H2,1H3,(H,19,20). The van der Waals surface area contributed by atoms with E-state index < -0.39 is 0 Å². The minimum Gasteiger partial charge on any atom is -0.385 e. The lowest BCUT2D eigenvalue weighted by Gasteiger charge is -2.08. The third-order valence-corrected chi connectivity index (χ3v) is 3.21. The molecule has 2 aromatic rings. The monoisotopic (exact) mass is 288 g/mol. The molecule has 0 aromatic heterocycles. The second-order valence-electron chi connectivity index (χ2n) is 4.57. The van der Waals surface area contributed by atoms with E-state index in [-0.39, 0.29) is 5.91 Å². The molecule has 0 radical (unpaired) electrons. The molecule has 2 N–H and O–H groups in total. The summed E-state index contributed by atoms with van der Waals surface area (Å²) in [4.78, 5) is 11.8. The quantitative estimate of drug-likeness (QED) is 0.870. The van der Waals surface area contributed by atoms with Crippen LogP contribution in [-0.4, -0.2) is 12.5 Å². The highest BCUT2D eigenvalue weighted by atomic mass is 35.5. The SMILES string of the molecule is Cc1ccc(NCCC(=O)Nc2ccccc2Cl)cc1. The van der Waals surface area contributed by atoms with E-state index in [2.05, 4.69) is 10.6 Å². The van der Waals surface area contributed by atoms with Crippen molar-refractivity contribution < 1.29 is 4.79 Å². The number of benzene rings is 2. The molecule has 0 saturated carbocycles. The van der Waals surface area contributed by atoms with Crippen LogP contribution in [0.15, 0.2) is 48.5 Å². The van der Waals surface area contributed by atoms with Gasteiger partial charge in [0, 0.05) is 18.7 Å². The molecule has 2 rings (SSSR count). The van der Waals surface area contributed by atoms with Crippen LogP contribution in [0, 0.1) is 6.92 Å². The van der Waals surface area contributed by atoms with Gasteiger partial charge in [0.15, 0.2) is 0 Å². The highest BCUT2D eigenvalue weighted by Crippen LogP contribution is 2.20. The topological polar surface area (TPSA) is 41.1 Å². The van der Waals surface area contributed by atoms with Gasteiger partial charge < -0.3 is 10.6 Å². The van der Waals surface area contributed by atoms with Crippen LogP contribution < -0.4 is 10.6 Å². The van der Waals surface area contributed by atoms with E-state index >= 15 is 0 Å². The van der Waals surface area contributed by atoms with Crippen molar-refractivity contribution in [3.8, 4) is 0 Å². The van der Waals surface area contributed by atoms with E-state index in [0.29, 0.717) is 23.7 Å². The van der Waals surface area contributed by atoms with Crippen LogP contribution in [0.25, 0.3) is 0 Å². The van der Waals surface area contributed by atoms with Gasteiger partial charge in [-0.15, -0.1) is 0 Å². The zero-order chi connectivity index (χ0) is 14.4. The van der Waals surface area contributed by atoms with E-state index in [1.165, 1.54) is 5.56 Å². The number of halogens is 1. The van der Waals surface area contributed by atoms with Crippen molar-refractivity contribution in [1.82, 2.24) is 0 Å². The van der Waals surface area contributed by atoms with Crippen LogP contribution in [-0.2, 0) is 4.79 Å². The fourth-order valence-electron chi connectivity index (χ4n) is 1.77. The Balaban J connectivity index is 1.78. The lowest BCUT2D eigenvalue weighted by Crippen LogP contribution is -2.16. The number of hydrogen-bond donors (Lipinski definition) is 2. The summed E-state index contributed by atoms with van der Waals surface area (Å²) in [6, 6.07) is 15.3. The van der Waals surface area contributed by atoms with Gasteiger partial charge in [0.2, 0.25) is 5.91 Å². The lowest BCUT2D eigenvalue weighted by molar-refractivity contribution is -0.115. The summed E-state index contributed by atoms with van der Waals surface area (Å²) in [6.07, 6.45) is 0.388. The molecule has 0 bridgehead atoms. The average Bonchev–Trinajstić information content (AvgIpc) is 2.44. The predicted octanol–water partition coefficient (Wildman–Crippen LogP) is 4.09. The molecule has 0 aliphatic heterocycles. The third-order valence-electron chi connectivity index (χ3n) is 2.88. The molecule has 0 unspecified atom stereocenters. The van der Waals surface area contributed by atoms with E-state index in [0.717, 1.165) is 5.69 Å². The van der Waals surface area contributed by atoms with Gasteiger partial charge in [0.05, 0.1) is 10.7 Å². The van der Waals surface area contributed by atoms with Crippen LogP contribution in [0.1, 0.15) is 12.0 Å². The maximum atomic E-state index is 11.8. The Morgan fingerprint density at radius 3 is 2.50 bits per heavy atom. The van der Waals surface area contributed by atoms with E-state index in [9.17, 15) is 4.79 Å². The number of carbonyl (C=O) groups excluding carboxylic acids is 1. The van der Waals surface area contributed by atoms with Crippen LogP contribution in [0.2, 0.25) is 5.02 Å². The summed E-state index contributed by atoms with van der Waals surface area (Å²) < 4.78 is 0. The second kappa shape index (κ2) is 6.96. The summed E-state index contributed by atoms with van der Waals surface area (Å²) in [7, 11) is 0. The summed E-state index contributed by atoms with van der Waals surface area (Å²) in [6.45, 7) is 2.63. The number of rotatable bonds is 5. The summed E-state index contributed by atoms with van der Waals surface area (Å²) in [5.74, 6) is -0.0577. The van der Waals surface area contributed by atoms with Gasteiger partial charge in [-0.1, -0.05) is 41.4 Å². The molecule has 2 aromatic carbocycles. The fraction of sp³-hybridized carbons (Fsp3) is 0.188. The molecule has 20 heavy (non-hydrogen) atoms. The highest BCUT2D eigenvalue weighted by Gasteiger charge is 2.04. The molecule has 0 aliphatic carbocycles. The van der Waals surface area contributed by atoms with E-state index in [1.54, 1.807) is 12.1 Å². The van der Waals surface area contributed by atoms with Crippen LogP contribution in [0.5, 0.6) is 0 Å². The number of para-hydroxylation sites is 1. The minimum absolute atomic E-state index is 0.0577. The van der Waals surface area contributed by atoms with Crippen LogP contribution in [0.3, 0.4) is 0 Å². The molecule has 4 heteroatoms. The van der Waals surface area contributed by atoms with Gasteiger partial charge in [-0.25, -0.2) is 0 Å². The number of anilines is 2. The number of carbonyl (C=O) groups is 1. The number of amides is 1. The summed E-state index contributed by atoms with van der Waals surface area (Å²) in [5.41, 5.74) is 2.88. The molecule has 0 spiro atoms. The van der Waals surface area contributed by atoms with E-state index in [4.69, 9.17) is 11.6 Å². The highest BCUT2D eigenvalue weighted by molar-refractivity contribution is 6.33. The molecular weight excluding hydrogens is 272 g/mol. The molecule has 0 aliphatic rings. The first kappa shape index (κ1) is 14.4. The molecule has 1 amide bonds. The number of hydrogen-bond acceptors (Lipinski definition) is 2. The lowest BCUT2D eigenvalue weighted by atomic mass is 10.2. The molecular formula is C16H17ClN2O. The predicted molar refractivity (Wildman–Crippen MR) is 84.4 cm³/mol. The van der Waals surface area contributed by atoms with Gasteiger partial charge in [-0.3, -0.25) is 4.79 Å². The van der Waals surface area contributed by atoms with Crippen molar-refractivity contribution in [3.63, 3.8) is 0 Å². The largest absolute Gasteiger partial charge is 0.385 e. The van der Waals surface area contributed by atoms with Crippen molar-refractivity contribution >= 4 is 28.9 Å². The maximum Gasteiger partial charge on any atom is 0.226 e. The van der Waals surface area contributed by atoms with Crippen molar-refractivity contribution in [2.75, 3.05) is 17.2 Å². The number of nitrogens with one attached hydrogen (secondary N) is 2. The van der Waals surface area contributed by atoms with Crippen LogP contribution >= 0.6 is 11.6 Å². The Bertz CT molecular complexity index is 581. The molecule has 0 atom stereocenters. The fourth-order valence-corrected chi connectivity index (χ4v) is 1.95. The van der Waals surface area contributed by atoms with Gasteiger partial charge in [0.25, 0.3) is 0 Å². The van der Waals surface area contributed by atoms with Gasteiger partial charge in [-0.2, -0.15) is 0 Å². The summed E-state index contributed by atoms with van der Waals surface area (Å²) >= 11 is 5.98. The first-order valence-corrected chi connectivity index (χ1v) is 6.88. The van der Waals surface area contributed by atoms with Gasteiger partial charge in [0.1, 0.15) is 0 Å². The van der Waals surface area contributed by atoms with Crippen molar-refractivity contribution in [1.29, 1.82) is 0 Å². The summed E-state index contributed by atoms with van der Waals surface area (Å²) in [5, 5.41) is 6.55. The first-order chi connectivity index (χ1) is 9.65. The van der Waals surface area contributed by atoms with Gasteiger partial charge >= 0.3 is 0 Å². The third kappa shape index (κ3) is 4.28. The number of aryl methyl sites for hydroxylation is 1. The Kier molecular flexibility index (Phi) is 5.02. The average molecular weight is 289 g/mol.